The molecule has 2 rings (SSSR count). The lowest BCUT2D eigenvalue weighted by Crippen LogP contribution is -2.49. The monoisotopic (exact) mass is 255 g/mol. The molecule has 0 aliphatic carbocycles. The van der Waals surface area contributed by atoms with Crippen molar-refractivity contribution in [2.45, 2.75) is 31.7 Å². The third-order valence-corrected chi connectivity index (χ3v) is 3.97. The van der Waals surface area contributed by atoms with Crippen molar-refractivity contribution in [2.75, 3.05) is 45.9 Å². The molecule has 0 spiro atoms. The van der Waals surface area contributed by atoms with Gasteiger partial charge in [0.25, 0.3) is 0 Å². The SMILES string of the molecule is NCC1CCCCCN1CC(=O)N1CCOCC1. The summed E-state index contributed by atoms with van der Waals surface area (Å²) in [6.07, 6.45) is 4.82. The number of nitrogens with two attached hydrogens (primary N) is 1. The van der Waals surface area contributed by atoms with Crippen LogP contribution in [0.15, 0.2) is 0 Å². The molecule has 18 heavy (non-hydrogen) atoms. The van der Waals surface area contributed by atoms with Crippen LogP contribution in [0.1, 0.15) is 25.7 Å². The first-order chi connectivity index (χ1) is 8.81. The first kappa shape index (κ1) is 13.8. The standard InChI is InChI=1S/C13H25N3O2/c14-10-12-4-2-1-3-5-16(12)11-13(17)15-6-8-18-9-7-15/h12H,1-11,14H2. The molecule has 1 atom stereocenters. The maximum atomic E-state index is 12.2. The maximum Gasteiger partial charge on any atom is 0.236 e. The van der Waals surface area contributed by atoms with Crippen LogP contribution in [0.3, 0.4) is 0 Å². The molecule has 0 aromatic carbocycles. The Balaban J connectivity index is 1.86. The van der Waals surface area contributed by atoms with E-state index in [9.17, 15) is 4.79 Å². The molecule has 2 saturated heterocycles. The molecule has 0 aromatic rings. The molecule has 0 aromatic heterocycles. The Bertz CT molecular complexity index is 267. The third kappa shape index (κ3) is 3.67. The Kier molecular flexibility index (Phi) is 5.41. The highest BCUT2D eigenvalue weighted by atomic mass is 16.5. The van der Waals surface area contributed by atoms with Crippen LogP contribution in [-0.4, -0.2) is 67.7 Å². The minimum absolute atomic E-state index is 0.235. The largest absolute Gasteiger partial charge is 0.378 e. The number of amides is 1. The summed E-state index contributed by atoms with van der Waals surface area (Å²) in [5.74, 6) is 0.235. The van der Waals surface area contributed by atoms with Gasteiger partial charge in [0.15, 0.2) is 0 Å². The molecule has 1 amide bonds. The summed E-state index contributed by atoms with van der Waals surface area (Å²) in [5, 5.41) is 0. The molecule has 5 heteroatoms. The number of likely N-dealkylation sites (tertiary alicyclic amines) is 1. The Morgan fingerprint density at radius 2 is 1.94 bits per heavy atom. The van der Waals surface area contributed by atoms with Gasteiger partial charge in [-0.25, -0.2) is 0 Å². The predicted molar refractivity (Wildman–Crippen MR) is 70.3 cm³/mol. The number of carbonyl (C=O) groups excluding carboxylic acids is 1. The first-order valence-electron chi connectivity index (χ1n) is 7.11. The zero-order chi connectivity index (χ0) is 12.8. The molecule has 104 valence electrons. The van der Waals surface area contributed by atoms with Crippen molar-refractivity contribution in [3.05, 3.63) is 0 Å². The molecule has 0 saturated carbocycles. The zero-order valence-electron chi connectivity index (χ0n) is 11.1. The molecule has 0 radical (unpaired) electrons. The van der Waals surface area contributed by atoms with Crippen LogP contribution in [0.5, 0.6) is 0 Å². The predicted octanol–water partition coefficient (Wildman–Crippen LogP) is 0.0485. The van der Waals surface area contributed by atoms with Crippen LogP contribution in [0.2, 0.25) is 0 Å². The summed E-state index contributed by atoms with van der Waals surface area (Å²) in [5.41, 5.74) is 5.83. The van der Waals surface area contributed by atoms with Crippen LogP contribution in [-0.2, 0) is 9.53 Å². The third-order valence-electron chi connectivity index (χ3n) is 3.97. The number of hydrogen-bond donors (Lipinski definition) is 1. The molecule has 2 heterocycles. The number of morpholine rings is 1. The summed E-state index contributed by atoms with van der Waals surface area (Å²) < 4.78 is 5.27. The molecule has 5 nitrogen and oxygen atoms in total. The lowest BCUT2D eigenvalue weighted by atomic mass is 10.1. The van der Waals surface area contributed by atoms with E-state index in [1.807, 2.05) is 4.90 Å². The van der Waals surface area contributed by atoms with Gasteiger partial charge >= 0.3 is 0 Å². The average molecular weight is 255 g/mol. The summed E-state index contributed by atoms with van der Waals surface area (Å²) in [4.78, 5) is 16.4. The van der Waals surface area contributed by atoms with Gasteiger partial charge in [-0.05, 0) is 19.4 Å². The van der Waals surface area contributed by atoms with Gasteiger partial charge in [0, 0.05) is 25.7 Å². The molecule has 2 aliphatic rings. The number of carbonyl (C=O) groups is 1. The molecular formula is C13H25N3O2. The van der Waals surface area contributed by atoms with E-state index in [0.717, 1.165) is 26.1 Å². The van der Waals surface area contributed by atoms with Gasteiger partial charge < -0.3 is 15.4 Å². The van der Waals surface area contributed by atoms with Crippen molar-refractivity contribution in [3.63, 3.8) is 0 Å². The van der Waals surface area contributed by atoms with Crippen LogP contribution >= 0.6 is 0 Å². The van der Waals surface area contributed by atoms with Crippen molar-refractivity contribution < 1.29 is 9.53 Å². The summed E-state index contributed by atoms with van der Waals surface area (Å²) >= 11 is 0. The highest BCUT2D eigenvalue weighted by Crippen LogP contribution is 2.16. The molecule has 2 aliphatic heterocycles. The Labute approximate surface area is 109 Å². The number of ether oxygens (including phenoxy) is 1. The highest BCUT2D eigenvalue weighted by Gasteiger charge is 2.24. The van der Waals surface area contributed by atoms with Gasteiger partial charge in [-0.15, -0.1) is 0 Å². The van der Waals surface area contributed by atoms with Gasteiger partial charge in [-0.1, -0.05) is 12.8 Å². The second-order valence-electron chi connectivity index (χ2n) is 5.20. The Morgan fingerprint density at radius 1 is 1.17 bits per heavy atom. The Morgan fingerprint density at radius 3 is 2.67 bits per heavy atom. The summed E-state index contributed by atoms with van der Waals surface area (Å²) in [6.45, 7) is 5.02. The first-order valence-corrected chi connectivity index (χ1v) is 7.11. The van der Waals surface area contributed by atoms with Crippen molar-refractivity contribution >= 4 is 5.91 Å². The second kappa shape index (κ2) is 7.07. The minimum atomic E-state index is 0.235. The fraction of sp³-hybridized carbons (Fsp3) is 0.923. The lowest BCUT2D eigenvalue weighted by Gasteiger charge is -2.32. The van der Waals surface area contributed by atoms with E-state index >= 15 is 0 Å². The van der Waals surface area contributed by atoms with E-state index in [0.29, 0.717) is 32.3 Å². The molecule has 1 unspecified atom stereocenters. The lowest BCUT2D eigenvalue weighted by molar-refractivity contribution is -0.137. The van der Waals surface area contributed by atoms with Crippen molar-refractivity contribution in [1.82, 2.24) is 9.80 Å². The molecule has 2 N–H and O–H groups in total. The second-order valence-corrected chi connectivity index (χ2v) is 5.20. The van der Waals surface area contributed by atoms with Crippen molar-refractivity contribution in [3.8, 4) is 0 Å². The number of nitrogens with zero attached hydrogens (tertiary/aromatic N) is 2. The quantitative estimate of drug-likeness (QED) is 0.774. The van der Waals surface area contributed by atoms with Crippen LogP contribution in [0.4, 0.5) is 0 Å². The van der Waals surface area contributed by atoms with Crippen molar-refractivity contribution in [2.24, 2.45) is 5.73 Å². The van der Waals surface area contributed by atoms with E-state index in [1.54, 1.807) is 0 Å². The number of hydrogen-bond acceptors (Lipinski definition) is 4. The van der Waals surface area contributed by atoms with E-state index in [4.69, 9.17) is 10.5 Å². The highest BCUT2D eigenvalue weighted by molar-refractivity contribution is 5.78. The molecular weight excluding hydrogens is 230 g/mol. The fourth-order valence-electron chi connectivity index (χ4n) is 2.80. The van der Waals surface area contributed by atoms with Gasteiger partial charge in [-0.2, -0.15) is 0 Å². The number of rotatable bonds is 3. The molecule has 2 fully saturated rings. The van der Waals surface area contributed by atoms with Crippen LogP contribution in [0, 0.1) is 0 Å². The van der Waals surface area contributed by atoms with Gasteiger partial charge in [-0.3, -0.25) is 9.69 Å². The maximum absolute atomic E-state index is 12.2. The average Bonchev–Trinajstić information content (AvgIpc) is 2.64. The van der Waals surface area contributed by atoms with Crippen LogP contribution in [0.25, 0.3) is 0 Å². The topological polar surface area (TPSA) is 58.8 Å². The Hall–Kier alpha value is -0.650. The summed E-state index contributed by atoms with van der Waals surface area (Å²) in [6, 6.07) is 0.387. The smallest absolute Gasteiger partial charge is 0.236 e. The van der Waals surface area contributed by atoms with Crippen molar-refractivity contribution in [1.29, 1.82) is 0 Å². The zero-order valence-corrected chi connectivity index (χ0v) is 11.1. The van der Waals surface area contributed by atoms with Gasteiger partial charge in [0.05, 0.1) is 19.8 Å². The molecule has 0 bridgehead atoms. The minimum Gasteiger partial charge on any atom is -0.378 e. The fourth-order valence-corrected chi connectivity index (χ4v) is 2.80. The van der Waals surface area contributed by atoms with E-state index in [2.05, 4.69) is 4.90 Å². The summed E-state index contributed by atoms with van der Waals surface area (Å²) in [7, 11) is 0. The van der Waals surface area contributed by atoms with E-state index in [1.165, 1.54) is 19.3 Å². The van der Waals surface area contributed by atoms with Gasteiger partial charge in [0.2, 0.25) is 5.91 Å². The van der Waals surface area contributed by atoms with E-state index < -0.39 is 0 Å². The normalized spacial score (nSPS) is 26.9. The van der Waals surface area contributed by atoms with Gasteiger partial charge in [0.1, 0.15) is 0 Å². The van der Waals surface area contributed by atoms with Crippen LogP contribution < -0.4 is 5.73 Å². The van der Waals surface area contributed by atoms with E-state index in [-0.39, 0.29) is 5.91 Å².